The van der Waals surface area contributed by atoms with Gasteiger partial charge in [0.2, 0.25) is 0 Å². The van der Waals surface area contributed by atoms with E-state index < -0.39 is 12.9 Å². The van der Waals surface area contributed by atoms with Crippen LogP contribution in [0.4, 0.5) is 8.78 Å². The second-order valence-corrected chi connectivity index (χ2v) is 5.28. The first-order valence-corrected chi connectivity index (χ1v) is 7.47. The predicted octanol–water partition coefficient (Wildman–Crippen LogP) is 4.53. The number of para-hydroxylation sites is 1. The van der Waals surface area contributed by atoms with Crippen LogP contribution < -0.4 is 4.74 Å². The summed E-state index contributed by atoms with van der Waals surface area (Å²) in [6, 6.07) is 6.60. The highest BCUT2D eigenvalue weighted by atomic mass is 19.3. The lowest BCUT2D eigenvalue weighted by Crippen LogP contribution is -2.27. The summed E-state index contributed by atoms with van der Waals surface area (Å²) in [4.78, 5) is 0. The Morgan fingerprint density at radius 2 is 1.90 bits per heavy atom. The molecule has 0 amide bonds. The van der Waals surface area contributed by atoms with E-state index in [1.54, 1.807) is 18.2 Å². The van der Waals surface area contributed by atoms with Gasteiger partial charge in [0.25, 0.3) is 0 Å². The molecule has 5 heteroatoms. The molecule has 0 saturated carbocycles. The third-order valence-corrected chi connectivity index (χ3v) is 3.57. The first-order chi connectivity index (χ1) is 10.2. The summed E-state index contributed by atoms with van der Waals surface area (Å²) >= 11 is 0. The lowest BCUT2D eigenvalue weighted by molar-refractivity contribution is -0.207. The highest BCUT2D eigenvalue weighted by Gasteiger charge is 2.26. The number of halogens is 2. The van der Waals surface area contributed by atoms with Gasteiger partial charge < -0.3 is 14.2 Å². The summed E-state index contributed by atoms with van der Waals surface area (Å²) in [6.07, 6.45) is 4.03. The van der Waals surface area contributed by atoms with Crippen molar-refractivity contribution in [3.05, 3.63) is 29.8 Å². The van der Waals surface area contributed by atoms with Crippen molar-refractivity contribution in [2.45, 2.75) is 45.5 Å². The SMILES string of the molecule is CCCCCC1COC(c2ccccc2OC(F)F)OC1. The van der Waals surface area contributed by atoms with Gasteiger partial charge in [0.15, 0.2) is 6.29 Å². The van der Waals surface area contributed by atoms with Crippen LogP contribution in [0.25, 0.3) is 0 Å². The second-order valence-electron chi connectivity index (χ2n) is 5.28. The maximum Gasteiger partial charge on any atom is 0.387 e. The molecule has 1 saturated heterocycles. The molecule has 118 valence electrons. The normalized spacial score (nSPS) is 22.5. The fourth-order valence-electron chi connectivity index (χ4n) is 2.45. The lowest BCUT2D eigenvalue weighted by atomic mass is 10.0. The molecule has 0 aromatic heterocycles. The van der Waals surface area contributed by atoms with Gasteiger partial charge in [0.1, 0.15) is 5.75 Å². The summed E-state index contributed by atoms with van der Waals surface area (Å²) in [5.74, 6) is 0.498. The Kier molecular flexibility index (Phi) is 6.39. The summed E-state index contributed by atoms with van der Waals surface area (Å²) in [5, 5.41) is 0. The number of hydrogen-bond acceptors (Lipinski definition) is 3. The first-order valence-electron chi connectivity index (χ1n) is 7.47. The zero-order valence-electron chi connectivity index (χ0n) is 12.3. The molecule has 1 heterocycles. The molecule has 1 fully saturated rings. The van der Waals surface area contributed by atoms with Crippen LogP contribution in [0.5, 0.6) is 5.75 Å². The topological polar surface area (TPSA) is 27.7 Å². The fraction of sp³-hybridized carbons (Fsp3) is 0.625. The Morgan fingerprint density at radius 3 is 2.57 bits per heavy atom. The van der Waals surface area contributed by atoms with Gasteiger partial charge in [0.05, 0.1) is 13.2 Å². The van der Waals surface area contributed by atoms with Crippen molar-refractivity contribution in [1.29, 1.82) is 0 Å². The minimum atomic E-state index is -2.85. The van der Waals surface area contributed by atoms with Gasteiger partial charge in [-0.15, -0.1) is 0 Å². The van der Waals surface area contributed by atoms with Crippen molar-refractivity contribution >= 4 is 0 Å². The summed E-state index contributed by atoms with van der Waals surface area (Å²) < 4.78 is 40.7. The summed E-state index contributed by atoms with van der Waals surface area (Å²) in [6.45, 7) is 0.509. The Hall–Kier alpha value is -1.20. The van der Waals surface area contributed by atoms with Gasteiger partial charge in [-0.05, 0) is 12.5 Å². The maximum absolute atomic E-state index is 12.4. The van der Waals surface area contributed by atoms with E-state index in [0.717, 1.165) is 6.42 Å². The van der Waals surface area contributed by atoms with E-state index in [-0.39, 0.29) is 5.75 Å². The van der Waals surface area contributed by atoms with E-state index in [9.17, 15) is 8.78 Å². The Labute approximate surface area is 124 Å². The highest BCUT2D eigenvalue weighted by molar-refractivity contribution is 5.34. The van der Waals surface area contributed by atoms with Crippen LogP contribution >= 0.6 is 0 Å². The van der Waals surface area contributed by atoms with E-state index >= 15 is 0 Å². The Balaban J connectivity index is 1.90. The van der Waals surface area contributed by atoms with Gasteiger partial charge >= 0.3 is 6.61 Å². The molecule has 21 heavy (non-hydrogen) atoms. The average molecular weight is 300 g/mol. The van der Waals surface area contributed by atoms with Crippen LogP contribution in [-0.4, -0.2) is 19.8 Å². The van der Waals surface area contributed by atoms with Crippen LogP contribution in [0.2, 0.25) is 0 Å². The number of rotatable bonds is 7. The smallest absolute Gasteiger partial charge is 0.387 e. The second kappa shape index (κ2) is 8.29. The number of ether oxygens (including phenoxy) is 3. The summed E-state index contributed by atoms with van der Waals surface area (Å²) in [7, 11) is 0. The van der Waals surface area contributed by atoms with Crippen molar-refractivity contribution in [2.75, 3.05) is 13.2 Å². The van der Waals surface area contributed by atoms with Gasteiger partial charge in [-0.3, -0.25) is 0 Å². The van der Waals surface area contributed by atoms with Gasteiger partial charge in [0, 0.05) is 11.5 Å². The van der Waals surface area contributed by atoms with Crippen LogP contribution in [0.1, 0.15) is 44.5 Å². The van der Waals surface area contributed by atoms with Crippen molar-refractivity contribution in [3.8, 4) is 5.75 Å². The van der Waals surface area contributed by atoms with E-state index in [4.69, 9.17) is 9.47 Å². The first kappa shape index (κ1) is 16.2. The molecule has 1 aromatic rings. The maximum atomic E-state index is 12.4. The zero-order chi connectivity index (χ0) is 15.1. The molecule has 1 aromatic carbocycles. The Bertz CT molecular complexity index is 418. The molecule has 1 aliphatic heterocycles. The third kappa shape index (κ3) is 4.93. The van der Waals surface area contributed by atoms with Gasteiger partial charge in [-0.1, -0.05) is 44.4 Å². The number of benzene rings is 1. The molecular weight excluding hydrogens is 278 g/mol. The molecule has 2 rings (SSSR count). The third-order valence-electron chi connectivity index (χ3n) is 3.57. The van der Waals surface area contributed by atoms with Crippen molar-refractivity contribution in [3.63, 3.8) is 0 Å². The van der Waals surface area contributed by atoms with E-state index in [2.05, 4.69) is 11.7 Å². The van der Waals surface area contributed by atoms with Crippen LogP contribution in [0, 0.1) is 5.92 Å². The largest absolute Gasteiger partial charge is 0.434 e. The van der Waals surface area contributed by atoms with E-state index in [1.807, 2.05) is 0 Å². The van der Waals surface area contributed by atoms with Crippen molar-refractivity contribution in [2.24, 2.45) is 5.92 Å². The number of alkyl halides is 2. The molecule has 0 spiro atoms. The quantitative estimate of drug-likeness (QED) is 0.692. The highest BCUT2D eigenvalue weighted by Crippen LogP contribution is 2.33. The van der Waals surface area contributed by atoms with Crippen molar-refractivity contribution in [1.82, 2.24) is 0 Å². The molecule has 0 bridgehead atoms. The molecule has 0 N–H and O–H groups in total. The minimum Gasteiger partial charge on any atom is -0.434 e. The standard InChI is InChI=1S/C16H22F2O3/c1-2-3-4-7-12-10-19-15(20-11-12)13-8-5-6-9-14(13)21-16(17)18/h5-6,8-9,12,15-16H,2-4,7,10-11H2,1H3. The molecule has 3 nitrogen and oxygen atoms in total. The monoisotopic (exact) mass is 300 g/mol. The average Bonchev–Trinajstić information content (AvgIpc) is 2.48. The van der Waals surface area contributed by atoms with Crippen LogP contribution in [0.15, 0.2) is 24.3 Å². The predicted molar refractivity (Wildman–Crippen MR) is 75.4 cm³/mol. The van der Waals surface area contributed by atoms with Crippen molar-refractivity contribution < 1.29 is 23.0 Å². The number of unbranched alkanes of at least 4 members (excludes halogenated alkanes) is 2. The Morgan fingerprint density at radius 1 is 1.19 bits per heavy atom. The lowest BCUT2D eigenvalue weighted by Gasteiger charge is -2.30. The zero-order valence-corrected chi connectivity index (χ0v) is 12.3. The van der Waals surface area contributed by atoms with Gasteiger partial charge in [-0.2, -0.15) is 8.78 Å². The minimum absolute atomic E-state index is 0.113. The van der Waals surface area contributed by atoms with E-state index in [0.29, 0.717) is 24.7 Å². The van der Waals surface area contributed by atoms with Crippen LogP contribution in [0.3, 0.4) is 0 Å². The molecule has 0 atom stereocenters. The summed E-state index contributed by atoms with van der Waals surface area (Å²) in [5.41, 5.74) is 0.518. The van der Waals surface area contributed by atoms with Gasteiger partial charge in [-0.25, -0.2) is 0 Å². The molecule has 0 aliphatic carbocycles. The molecule has 0 unspecified atom stereocenters. The number of hydrogen-bond donors (Lipinski definition) is 0. The fourth-order valence-corrected chi connectivity index (χ4v) is 2.45. The van der Waals surface area contributed by atoms with E-state index in [1.165, 1.54) is 25.3 Å². The molecule has 1 aliphatic rings. The van der Waals surface area contributed by atoms with Crippen LogP contribution in [-0.2, 0) is 9.47 Å². The molecule has 0 radical (unpaired) electrons. The molecular formula is C16H22F2O3.